The summed E-state index contributed by atoms with van der Waals surface area (Å²) in [7, 11) is 0. The van der Waals surface area contributed by atoms with Crippen molar-refractivity contribution in [2.75, 3.05) is 11.9 Å². The van der Waals surface area contributed by atoms with Crippen LogP contribution in [0.1, 0.15) is 22.0 Å². The Morgan fingerprint density at radius 1 is 1.37 bits per heavy atom. The van der Waals surface area contributed by atoms with Crippen LogP contribution in [0.4, 0.5) is 5.82 Å². The molecular formula is C13H14N4O2. The lowest BCUT2D eigenvalue weighted by Gasteiger charge is -2.18. The Bertz CT molecular complexity index is 560. The van der Waals surface area contributed by atoms with Crippen LogP contribution >= 0.6 is 0 Å². The van der Waals surface area contributed by atoms with E-state index in [1.54, 1.807) is 0 Å². The normalized spacial score (nSPS) is 11.8. The van der Waals surface area contributed by atoms with Crippen LogP contribution in [0.5, 0.6) is 0 Å². The Labute approximate surface area is 110 Å². The summed E-state index contributed by atoms with van der Waals surface area (Å²) < 4.78 is 0. The van der Waals surface area contributed by atoms with E-state index in [0.29, 0.717) is 5.82 Å². The van der Waals surface area contributed by atoms with Crippen LogP contribution in [-0.4, -0.2) is 27.6 Å². The molecule has 0 bridgehead atoms. The first-order chi connectivity index (χ1) is 9.22. The zero-order valence-electron chi connectivity index (χ0n) is 10.2. The van der Waals surface area contributed by atoms with Crippen LogP contribution in [-0.2, 0) is 0 Å². The Morgan fingerprint density at radius 2 is 2.11 bits per heavy atom. The van der Waals surface area contributed by atoms with Gasteiger partial charge in [0.1, 0.15) is 12.1 Å². The third-order valence-corrected chi connectivity index (χ3v) is 2.67. The van der Waals surface area contributed by atoms with Gasteiger partial charge in [-0.1, -0.05) is 30.3 Å². The average Bonchev–Trinajstić information content (AvgIpc) is 2.46. The maximum absolute atomic E-state index is 11.3. The molecule has 4 N–H and O–H groups in total. The number of aliphatic hydroxyl groups is 1. The second-order valence-corrected chi connectivity index (χ2v) is 3.94. The smallest absolute Gasteiger partial charge is 0.254 e. The highest BCUT2D eigenvalue weighted by Gasteiger charge is 2.15. The van der Waals surface area contributed by atoms with Gasteiger partial charge in [0.05, 0.1) is 18.2 Å². The van der Waals surface area contributed by atoms with Crippen molar-refractivity contribution in [3.63, 3.8) is 0 Å². The fraction of sp³-hybridized carbons (Fsp3) is 0.154. The van der Waals surface area contributed by atoms with Gasteiger partial charge in [0.15, 0.2) is 0 Å². The average molecular weight is 258 g/mol. The highest BCUT2D eigenvalue weighted by molar-refractivity contribution is 5.97. The van der Waals surface area contributed by atoms with Crippen LogP contribution in [0.3, 0.4) is 0 Å². The van der Waals surface area contributed by atoms with Crippen LogP contribution in [0.2, 0.25) is 0 Å². The molecule has 0 radical (unpaired) electrons. The molecule has 98 valence electrons. The summed E-state index contributed by atoms with van der Waals surface area (Å²) in [5, 5.41) is 12.4. The molecule has 0 fully saturated rings. The predicted octanol–water partition coefficient (Wildman–Crippen LogP) is 0.721. The Balaban J connectivity index is 2.27. The molecule has 0 aliphatic heterocycles. The summed E-state index contributed by atoms with van der Waals surface area (Å²) >= 11 is 0. The van der Waals surface area contributed by atoms with Crippen molar-refractivity contribution >= 4 is 11.7 Å². The quantitative estimate of drug-likeness (QED) is 0.733. The lowest BCUT2D eigenvalue weighted by molar-refractivity contribution is 0.1000. The number of primary amides is 1. The number of carbonyl (C=O) groups excluding carboxylic acids is 1. The summed E-state index contributed by atoms with van der Waals surface area (Å²) in [6.07, 6.45) is 2.66. The summed E-state index contributed by atoms with van der Waals surface area (Å²) in [6.45, 7) is -0.133. The van der Waals surface area contributed by atoms with Crippen molar-refractivity contribution < 1.29 is 9.90 Å². The van der Waals surface area contributed by atoms with Crippen LogP contribution in [0, 0.1) is 0 Å². The molecule has 0 aliphatic rings. The van der Waals surface area contributed by atoms with Gasteiger partial charge in [0.25, 0.3) is 5.91 Å². The second kappa shape index (κ2) is 5.92. The highest BCUT2D eigenvalue weighted by atomic mass is 16.3. The fourth-order valence-electron chi connectivity index (χ4n) is 1.71. The van der Waals surface area contributed by atoms with Gasteiger partial charge in [-0.15, -0.1) is 0 Å². The molecule has 2 rings (SSSR count). The molecule has 1 amide bonds. The van der Waals surface area contributed by atoms with E-state index in [2.05, 4.69) is 15.3 Å². The minimum absolute atomic E-state index is 0.133. The molecule has 2 aromatic rings. The summed E-state index contributed by atoms with van der Waals surface area (Å²) in [5.74, 6) is -0.307. The van der Waals surface area contributed by atoms with Crippen LogP contribution in [0.25, 0.3) is 0 Å². The topological polar surface area (TPSA) is 101 Å². The van der Waals surface area contributed by atoms with Crippen molar-refractivity contribution in [2.45, 2.75) is 6.04 Å². The molecule has 6 heteroatoms. The largest absolute Gasteiger partial charge is 0.394 e. The molecule has 1 heterocycles. The second-order valence-electron chi connectivity index (χ2n) is 3.94. The molecule has 0 saturated carbocycles. The van der Waals surface area contributed by atoms with Crippen molar-refractivity contribution in [1.29, 1.82) is 0 Å². The SMILES string of the molecule is NC(=O)c1cncnc1N[C@H](CO)c1ccccc1. The van der Waals surface area contributed by atoms with Gasteiger partial charge in [0.2, 0.25) is 0 Å². The van der Waals surface area contributed by atoms with Gasteiger partial charge in [0, 0.05) is 6.20 Å². The fourth-order valence-corrected chi connectivity index (χ4v) is 1.71. The Hall–Kier alpha value is -2.47. The number of hydrogen-bond acceptors (Lipinski definition) is 5. The van der Waals surface area contributed by atoms with E-state index >= 15 is 0 Å². The van der Waals surface area contributed by atoms with Gasteiger partial charge in [-0.2, -0.15) is 0 Å². The molecule has 19 heavy (non-hydrogen) atoms. The van der Waals surface area contributed by atoms with E-state index in [1.165, 1.54) is 12.5 Å². The molecule has 0 saturated heterocycles. The van der Waals surface area contributed by atoms with E-state index in [4.69, 9.17) is 5.73 Å². The number of aliphatic hydroxyl groups excluding tert-OH is 1. The standard InChI is InChI=1S/C13H14N4O2/c14-12(19)10-6-15-8-16-13(10)17-11(7-18)9-4-2-1-3-5-9/h1-6,8,11,18H,7H2,(H2,14,19)(H,15,16,17)/t11-/m1/s1. The van der Waals surface area contributed by atoms with Gasteiger partial charge >= 0.3 is 0 Å². The Morgan fingerprint density at radius 3 is 2.74 bits per heavy atom. The van der Waals surface area contributed by atoms with Gasteiger partial charge in [-0.05, 0) is 5.56 Å². The number of amides is 1. The zero-order chi connectivity index (χ0) is 13.7. The summed E-state index contributed by atoms with van der Waals surface area (Å²) in [6, 6.07) is 9.01. The van der Waals surface area contributed by atoms with Gasteiger partial charge in [-0.25, -0.2) is 9.97 Å². The van der Waals surface area contributed by atoms with Gasteiger partial charge < -0.3 is 16.2 Å². The number of benzene rings is 1. The molecule has 1 aromatic heterocycles. The number of nitrogens with one attached hydrogen (secondary N) is 1. The van der Waals surface area contributed by atoms with Crippen LogP contribution in [0.15, 0.2) is 42.9 Å². The molecular weight excluding hydrogens is 244 g/mol. The monoisotopic (exact) mass is 258 g/mol. The van der Waals surface area contributed by atoms with Gasteiger partial charge in [-0.3, -0.25) is 4.79 Å². The number of hydrogen-bond donors (Lipinski definition) is 3. The summed E-state index contributed by atoms with van der Waals surface area (Å²) in [4.78, 5) is 19.0. The maximum atomic E-state index is 11.3. The van der Waals surface area contributed by atoms with Crippen LogP contribution < -0.4 is 11.1 Å². The zero-order valence-corrected chi connectivity index (χ0v) is 10.2. The number of nitrogens with two attached hydrogens (primary N) is 1. The summed E-state index contributed by atoms with van der Waals surface area (Å²) in [5.41, 5.74) is 6.33. The van der Waals surface area contributed by atoms with Crippen molar-refractivity contribution in [3.05, 3.63) is 54.0 Å². The first-order valence-electron chi connectivity index (χ1n) is 5.74. The number of anilines is 1. The van der Waals surface area contributed by atoms with E-state index < -0.39 is 5.91 Å². The van der Waals surface area contributed by atoms with E-state index in [0.717, 1.165) is 5.56 Å². The number of nitrogens with zero attached hydrogens (tertiary/aromatic N) is 2. The van der Waals surface area contributed by atoms with E-state index in [9.17, 15) is 9.90 Å². The Kier molecular flexibility index (Phi) is 4.04. The van der Waals surface area contributed by atoms with E-state index in [-0.39, 0.29) is 18.2 Å². The van der Waals surface area contributed by atoms with Crippen molar-refractivity contribution in [2.24, 2.45) is 5.73 Å². The number of aromatic nitrogens is 2. The lowest BCUT2D eigenvalue weighted by atomic mass is 10.1. The van der Waals surface area contributed by atoms with Crippen molar-refractivity contribution in [1.82, 2.24) is 9.97 Å². The molecule has 0 unspecified atom stereocenters. The van der Waals surface area contributed by atoms with E-state index in [1.807, 2.05) is 30.3 Å². The molecule has 1 aromatic carbocycles. The highest BCUT2D eigenvalue weighted by Crippen LogP contribution is 2.19. The predicted molar refractivity (Wildman–Crippen MR) is 70.4 cm³/mol. The first-order valence-corrected chi connectivity index (χ1v) is 5.74. The minimum atomic E-state index is -0.618. The molecule has 0 aliphatic carbocycles. The molecule has 1 atom stereocenters. The van der Waals surface area contributed by atoms with Crippen molar-refractivity contribution in [3.8, 4) is 0 Å². The molecule has 0 spiro atoms. The third kappa shape index (κ3) is 3.05. The molecule has 6 nitrogen and oxygen atoms in total. The first kappa shape index (κ1) is 13.0. The maximum Gasteiger partial charge on any atom is 0.254 e. The lowest BCUT2D eigenvalue weighted by Crippen LogP contribution is -2.20. The number of carbonyl (C=O) groups is 1. The number of rotatable bonds is 5. The third-order valence-electron chi connectivity index (χ3n) is 2.67. The minimum Gasteiger partial charge on any atom is -0.394 e.